The van der Waals surface area contributed by atoms with Crippen molar-refractivity contribution >= 4 is 0 Å². The highest BCUT2D eigenvalue weighted by molar-refractivity contribution is 5.36. The fourth-order valence-electron chi connectivity index (χ4n) is 1.52. The molecule has 1 unspecified atom stereocenters. The van der Waals surface area contributed by atoms with Gasteiger partial charge in [0.25, 0.3) is 0 Å². The maximum atomic E-state index is 5.67. The van der Waals surface area contributed by atoms with Gasteiger partial charge in [-0.15, -0.1) is 0 Å². The second-order valence-corrected chi connectivity index (χ2v) is 4.03. The van der Waals surface area contributed by atoms with E-state index >= 15 is 0 Å². The van der Waals surface area contributed by atoms with Gasteiger partial charge in [0.15, 0.2) is 0 Å². The van der Waals surface area contributed by atoms with E-state index in [1.165, 1.54) is 0 Å². The fraction of sp³-hybridized carbons (Fsp3) is 0.214. The molecule has 3 rings (SSSR count). The lowest BCUT2D eigenvalue weighted by Gasteiger charge is -2.08. The third-order valence-corrected chi connectivity index (χ3v) is 2.51. The van der Waals surface area contributed by atoms with E-state index in [2.05, 4.69) is 4.98 Å². The number of epoxide rings is 1. The van der Waals surface area contributed by atoms with Gasteiger partial charge in [-0.05, 0) is 24.3 Å². The largest absolute Gasteiger partial charge is 0.491 e. The standard InChI is InChI=1S/C14H13NO3/c1-3-11(16-9-14-10-17-14)7-12(4-1)18-13-5-2-6-15-8-13/h1-8,14H,9-10H2. The molecule has 1 atom stereocenters. The molecule has 1 aromatic heterocycles. The molecule has 1 saturated heterocycles. The van der Waals surface area contributed by atoms with E-state index in [0.717, 1.165) is 18.1 Å². The molecule has 18 heavy (non-hydrogen) atoms. The molecule has 1 aromatic carbocycles. The van der Waals surface area contributed by atoms with E-state index in [9.17, 15) is 0 Å². The number of benzene rings is 1. The van der Waals surface area contributed by atoms with Gasteiger partial charge < -0.3 is 14.2 Å². The molecule has 0 N–H and O–H groups in total. The first kappa shape index (κ1) is 11.0. The lowest BCUT2D eigenvalue weighted by Crippen LogP contribution is -2.03. The Hall–Kier alpha value is -2.07. The Bertz CT molecular complexity index is 511. The number of aromatic nitrogens is 1. The van der Waals surface area contributed by atoms with Crippen LogP contribution in [0.15, 0.2) is 48.8 Å². The van der Waals surface area contributed by atoms with Crippen molar-refractivity contribution < 1.29 is 14.2 Å². The van der Waals surface area contributed by atoms with Crippen LogP contribution in [0.25, 0.3) is 0 Å². The monoisotopic (exact) mass is 243 g/mol. The molecule has 1 fully saturated rings. The average molecular weight is 243 g/mol. The van der Waals surface area contributed by atoms with Crippen molar-refractivity contribution in [3.05, 3.63) is 48.8 Å². The van der Waals surface area contributed by atoms with E-state index in [1.807, 2.05) is 36.4 Å². The van der Waals surface area contributed by atoms with Crippen molar-refractivity contribution in [2.45, 2.75) is 6.10 Å². The zero-order valence-corrected chi connectivity index (χ0v) is 9.78. The van der Waals surface area contributed by atoms with Gasteiger partial charge in [0.05, 0.1) is 12.8 Å². The SMILES string of the molecule is c1cncc(Oc2cccc(OCC3CO3)c2)c1. The van der Waals surface area contributed by atoms with Crippen molar-refractivity contribution in [3.8, 4) is 17.2 Å². The zero-order chi connectivity index (χ0) is 12.2. The van der Waals surface area contributed by atoms with Crippen LogP contribution in [0.5, 0.6) is 17.2 Å². The molecule has 0 saturated carbocycles. The van der Waals surface area contributed by atoms with Crippen molar-refractivity contribution in [3.63, 3.8) is 0 Å². The lowest BCUT2D eigenvalue weighted by atomic mass is 10.3. The Morgan fingerprint density at radius 2 is 2.00 bits per heavy atom. The molecule has 4 heteroatoms. The number of rotatable bonds is 5. The number of nitrogens with zero attached hydrogens (tertiary/aromatic N) is 1. The Morgan fingerprint density at radius 3 is 2.78 bits per heavy atom. The first-order valence-corrected chi connectivity index (χ1v) is 5.82. The van der Waals surface area contributed by atoms with Gasteiger partial charge in [-0.3, -0.25) is 4.98 Å². The highest BCUT2D eigenvalue weighted by Crippen LogP contribution is 2.25. The van der Waals surface area contributed by atoms with Crippen LogP contribution in [-0.2, 0) is 4.74 Å². The van der Waals surface area contributed by atoms with E-state index in [1.54, 1.807) is 12.4 Å². The minimum absolute atomic E-state index is 0.257. The van der Waals surface area contributed by atoms with Crippen LogP contribution in [0.2, 0.25) is 0 Å². The predicted molar refractivity (Wildman–Crippen MR) is 66.0 cm³/mol. The summed E-state index contributed by atoms with van der Waals surface area (Å²) in [6, 6.07) is 11.2. The molecular weight excluding hydrogens is 230 g/mol. The summed E-state index contributed by atoms with van der Waals surface area (Å²) in [7, 11) is 0. The molecule has 1 aliphatic rings. The van der Waals surface area contributed by atoms with E-state index in [-0.39, 0.29) is 6.10 Å². The summed E-state index contributed by atoms with van der Waals surface area (Å²) in [6.45, 7) is 1.39. The first-order chi connectivity index (χ1) is 8.90. The van der Waals surface area contributed by atoms with Crippen LogP contribution in [0.3, 0.4) is 0 Å². The number of hydrogen-bond acceptors (Lipinski definition) is 4. The maximum Gasteiger partial charge on any atom is 0.145 e. The molecule has 0 spiro atoms. The second-order valence-electron chi connectivity index (χ2n) is 4.03. The van der Waals surface area contributed by atoms with Crippen LogP contribution in [-0.4, -0.2) is 24.3 Å². The topological polar surface area (TPSA) is 43.9 Å². The highest BCUT2D eigenvalue weighted by atomic mass is 16.6. The summed E-state index contributed by atoms with van der Waals surface area (Å²) in [4.78, 5) is 4.00. The van der Waals surface area contributed by atoms with Crippen LogP contribution in [0, 0.1) is 0 Å². The van der Waals surface area contributed by atoms with Gasteiger partial charge in [0.1, 0.15) is 30.0 Å². The van der Waals surface area contributed by atoms with Gasteiger partial charge in [-0.2, -0.15) is 0 Å². The third-order valence-electron chi connectivity index (χ3n) is 2.51. The number of ether oxygens (including phenoxy) is 3. The Balaban J connectivity index is 1.66. The zero-order valence-electron chi connectivity index (χ0n) is 9.78. The van der Waals surface area contributed by atoms with Crippen molar-refractivity contribution in [1.29, 1.82) is 0 Å². The average Bonchev–Trinajstić information content (AvgIpc) is 3.22. The van der Waals surface area contributed by atoms with Gasteiger partial charge in [0.2, 0.25) is 0 Å². The van der Waals surface area contributed by atoms with Gasteiger partial charge in [0, 0.05) is 12.3 Å². The Kier molecular flexibility index (Phi) is 3.10. The summed E-state index contributed by atoms with van der Waals surface area (Å²) in [5.41, 5.74) is 0. The fourth-order valence-corrected chi connectivity index (χ4v) is 1.52. The van der Waals surface area contributed by atoms with Crippen molar-refractivity contribution in [1.82, 2.24) is 4.98 Å². The molecule has 0 amide bonds. The number of hydrogen-bond donors (Lipinski definition) is 0. The molecule has 0 radical (unpaired) electrons. The normalized spacial score (nSPS) is 17.2. The van der Waals surface area contributed by atoms with E-state index < -0.39 is 0 Å². The summed E-state index contributed by atoms with van der Waals surface area (Å²) in [6.07, 6.45) is 3.64. The molecule has 2 aromatic rings. The molecule has 2 heterocycles. The van der Waals surface area contributed by atoms with Crippen molar-refractivity contribution in [2.75, 3.05) is 13.2 Å². The minimum Gasteiger partial charge on any atom is -0.491 e. The molecule has 4 nitrogen and oxygen atoms in total. The maximum absolute atomic E-state index is 5.67. The quantitative estimate of drug-likeness (QED) is 0.757. The van der Waals surface area contributed by atoms with Crippen molar-refractivity contribution in [2.24, 2.45) is 0 Å². The molecular formula is C14H13NO3. The first-order valence-electron chi connectivity index (χ1n) is 5.82. The predicted octanol–water partition coefficient (Wildman–Crippen LogP) is 2.65. The van der Waals surface area contributed by atoms with Crippen LogP contribution < -0.4 is 9.47 Å². The third kappa shape index (κ3) is 2.99. The lowest BCUT2D eigenvalue weighted by molar-refractivity contribution is 0.262. The second kappa shape index (κ2) is 5.06. The van der Waals surface area contributed by atoms with Crippen LogP contribution in [0.1, 0.15) is 0 Å². The molecule has 0 aliphatic carbocycles. The Morgan fingerprint density at radius 1 is 1.17 bits per heavy atom. The number of pyridine rings is 1. The van der Waals surface area contributed by atoms with Gasteiger partial charge in [-0.25, -0.2) is 0 Å². The van der Waals surface area contributed by atoms with Crippen LogP contribution >= 0.6 is 0 Å². The molecule has 0 bridgehead atoms. The van der Waals surface area contributed by atoms with Gasteiger partial charge in [-0.1, -0.05) is 6.07 Å². The minimum atomic E-state index is 0.257. The van der Waals surface area contributed by atoms with Crippen LogP contribution in [0.4, 0.5) is 0 Å². The highest BCUT2D eigenvalue weighted by Gasteiger charge is 2.23. The Labute approximate surface area is 105 Å². The smallest absolute Gasteiger partial charge is 0.145 e. The summed E-state index contributed by atoms with van der Waals surface area (Å²) < 4.78 is 16.3. The summed E-state index contributed by atoms with van der Waals surface area (Å²) >= 11 is 0. The molecule has 1 aliphatic heterocycles. The summed E-state index contributed by atoms with van der Waals surface area (Å²) in [5, 5.41) is 0. The van der Waals surface area contributed by atoms with Gasteiger partial charge >= 0.3 is 0 Å². The van der Waals surface area contributed by atoms with E-state index in [4.69, 9.17) is 14.2 Å². The van der Waals surface area contributed by atoms with E-state index in [0.29, 0.717) is 12.4 Å². The summed E-state index contributed by atoms with van der Waals surface area (Å²) in [5.74, 6) is 2.23. The molecule has 92 valence electrons.